The van der Waals surface area contributed by atoms with Gasteiger partial charge in [-0.3, -0.25) is 19.1 Å². The number of aryl methyl sites for hydroxylation is 1. The smallest absolute Gasteiger partial charge is 0.259 e. The molecular formula is C17H18N6O. The standard InChI is InChI=1S/C17H18N6O/c24-17(15-10-20-23-8-2-1-3-16(15)23)21-14-9-19-22(12-14)11-13-4-6-18-7-5-13/h4-7,9-10,12H,1-3,8,11H2,(H,21,24). The van der Waals surface area contributed by atoms with Crippen molar-refractivity contribution in [2.75, 3.05) is 5.32 Å². The zero-order valence-corrected chi connectivity index (χ0v) is 13.2. The van der Waals surface area contributed by atoms with E-state index in [1.165, 1.54) is 0 Å². The zero-order chi connectivity index (χ0) is 16.4. The molecule has 4 heterocycles. The topological polar surface area (TPSA) is 77.6 Å². The average Bonchev–Trinajstić information content (AvgIpc) is 3.22. The number of fused-ring (bicyclic) bond motifs is 1. The minimum absolute atomic E-state index is 0.124. The quantitative estimate of drug-likeness (QED) is 0.798. The summed E-state index contributed by atoms with van der Waals surface area (Å²) in [6, 6.07) is 3.89. The molecule has 0 fully saturated rings. The number of hydrogen-bond acceptors (Lipinski definition) is 4. The number of nitrogens with zero attached hydrogens (tertiary/aromatic N) is 5. The highest BCUT2D eigenvalue weighted by Gasteiger charge is 2.20. The van der Waals surface area contributed by atoms with Gasteiger partial charge in [-0.15, -0.1) is 0 Å². The highest BCUT2D eigenvalue weighted by atomic mass is 16.1. The fourth-order valence-corrected chi connectivity index (χ4v) is 3.00. The summed E-state index contributed by atoms with van der Waals surface area (Å²) in [7, 11) is 0. The van der Waals surface area contributed by atoms with Crippen LogP contribution >= 0.6 is 0 Å². The van der Waals surface area contributed by atoms with Gasteiger partial charge in [0.25, 0.3) is 5.91 Å². The van der Waals surface area contributed by atoms with Crippen LogP contribution in [0.4, 0.5) is 5.69 Å². The Bertz CT molecular complexity index is 851. The van der Waals surface area contributed by atoms with E-state index in [2.05, 4.69) is 20.5 Å². The van der Waals surface area contributed by atoms with Crippen molar-refractivity contribution in [2.24, 2.45) is 0 Å². The summed E-state index contributed by atoms with van der Waals surface area (Å²) in [4.78, 5) is 16.5. The maximum atomic E-state index is 12.5. The lowest BCUT2D eigenvalue weighted by Gasteiger charge is -2.14. The van der Waals surface area contributed by atoms with E-state index in [9.17, 15) is 4.79 Å². The molecule has 7 nitrogen and oxygen atoms in total. The van der Waals surface area contributed by atoms with Crippen LogP contribution in [0.1, 0.15) is 34.5 Å². The van der Waals surface area contributed by atoms with E-state index in [0.717, 1.165) is 37.1 Å². The maximum Gasteiger partial charge on any atom is 0.259 e. The minimum Gasteiger partial charge on any atom is -0.319 e. The molecular weight excluding hydrogens is 304 g/mol. The van der Waals surface area contributed by atoms with Crippen molar-refractivity contribution in [1.82, 2.24) is 24.5 Å². The predicted octanol–water partition coefficient (Wildman–Crippen LogP) is 2.11. The van der Waals surface area contributed by atoms with E-state index >= 15 is 0 Å². The van der Waals surface area contributed by atoms with Crippen LogP contribution in [0, 0.1) is 0 Å². The number of carbonyl (C=O) groups is 1. The van der Waals surface area contributed by atoms with Crippen molar-refractivity contribution in [3.8, 4) is 0 Å². The normalized spacial score (nSPS) is 13.5. The first-order valence-electron chi connectivity index (χ1n) is 8.07. The van der Waals surface area contributed by atoms with E-state index in [0.29, 0.717) is 17.8 Å². The maximum absolute atomic E-state index is 12.5. The molecule has 1 N–H and O–H groups in total. The first-order chi connectivity index (χ1) is 11.8. The molecule has 1 aliphatic rings. The highest BCUT2D eigenvalue weighted by Crippen LogP contribution is 2.19. The number of nitrogens with one attached hydrogen (secondary N) is 1. The van der Waals surface area contributed by atoms with Crippen LogP contribution in [0.25, 0.3) is 0 Å². The molecule has 0 aliphatic carbocycles. The number of aromatic nitrogens is 5. The molecule has 0 radical (unpaired) electrons. The molecule has 0 atom stereocenters. The third kappa shape index (κ3) is 2.92. The van der Waals surface area contributed by atoms with Gasteiger partial charge in [-0.25, -0.2) is 0 Å². The molecule has 0 saturated carbocycles. The van der Waals surface area contributed by atoms with Crippen LogP contribution in [0.3, 0.4) is 0 Å². The van der Waals surface area contributed by atoms with Crippen LogP contribution in [-0.4, -0.2) is 30.5 Å². The first-order valence-corrected chi connectivity index (χ1v) is 8.07. The third-order valence-corrected chi connectivity index (χ3v) is 4.21. The molecule has 4 rings (SSSR count). The monoisotopic (exact) mass is 322 g/mol. The Morgan fingerprint density at radius 1 is 1.17 bits per heavy atom. The number of amides is 1. The van der Waals surface area contributed by atoms with E-state index < -0.39 is 0 Å². The van der Waals surface area contributed by atoms with Gasteiger partial charge in [0.15, 0.2) is 0 Å². The number of rotatable bonds is 4. The van der Waals surface area contributed by atoms with E-state index in [1.54, 1.807) is 29.5 Å². The second kappa shape index (κ2) is 6.27. The zero-order valence-electron chi connectivity index (χ0n) is 13.2. The molecule has 1 aliphatic heterocycles. The first kappa shape index (κ1) is 14.6. The minimum atomic E-state index is -0.124. The fourth-order valence-electron chi connectivity index (χ4n) is 3.00. The Labute approximate surface area is 139 Å². The van der Waals surface area contributed by atoms with Crippen molar-refractivity contribution in [3.63, 3.8) is 0 Å². The molecule has 0 bridgehead atoms. The molecule has 7 heteroatoms. The highest BCUT2D eigenvalue weighted by molar-refractivity contribution is 6.04. The van der Waals surface area contributed by atoms with Gasteiger partial charge in [0.2, 0.25) is 0 Å². The van der Waals surface area contributed by atoms with Gasteiger partial charge in [0.05, 0.1) is 35.9 Å². The van der Waals surface area contributed by atoms with Crippen LogP contribution in [0.15, 0.2) is 43.1 Å². The molecule has 24 heavy (non-hydrogen) atoms. The number of hydrogen-bond donors (Lipinski definition) is 1. The summed E-state index contributed by atoms with van der Waals surface area (Å²) in [5, 5.41) is 11.5. The molecule has 0 unspecified atom stereocenters. The van der Waals surface area contributed by atoms with E-state index in [1.807, 2.05) is 23.0 Å². The largest absolute Gasteiger partial charge is 0.319 e. The number of pyridine rings is 1. The number of carbonyl (C=O) groups excluding carboxylic acids is 1. The van der Waals surface area contributed by atoms with Gasteiger partial charge in [0.1, 0.15) is 0 Å². The molecule has 122 valence electrons. The van der Waals surface area contributed by atoms with Crippen LogP contribution in [-0.2, 0) is 19.5 Å². The van der Waals surface area contributed by atoms with Crippen molar-refractivity contribution in [1.29, 1.82) is 0 Å². The molecule has 0 saturated heterocycles. The van der Waals surface area contributed by atoms with Crippen molar-refractivity contribution >= 4 is 11.6 Å². The van der Waals surface area contributed by atoms with Crippen LogP contribution < -0.4 is 5.32 Å². The lowest BCUT2D eigenvalue weighted by molar-refractivity contribution is 0.102. The third-order valence-electron chi connectivity index (χ3n) is 4.21. The molecule has 1 amide bonds. The van der Waals surface area contributed by atoms with Crippen LogP contribution in [0.2, 0.25) is 0 Å². The van der Waals surface area contributed by atoms with Gasteiger partial charge in [-0.1, -0.05) is 0 Å². The summed E-state index contributed by atoms with van der Waals surface area (Å²) in [6.45, 7) is 1.54. The van der Waals surface area contributed by atoms with Gasteiger partial charge < -0.3 is 5.32 Å². The lowest BCUT2D eigenvalue weighted by atomic mass is 10.1. The van der Waals surface area contributed by atoms with Crippen molar-refractivity contribution in [3.05, 3.63) is 59.9 Å². The molecule has 3 aromatic heterocycles. The summed E-state index contributed by atoms with van der Waals surface area (Å²) in [6.07, 6.45) is 11.8. The second-order valence-corrected chi connectivity index (χ2v) is 5.92. The van der Waals surface area contributed by atoms with Crippen molar-refractivity contribution in [2.45, 2.75) is 32.4 Å². The molecule has 3 aromatic rings. The Balaban J connectivity index is 1.46. The summed E-state index contributed by atoms with van der Waals surface area (Å²) < 4.78 is 3.73. The SMILES string of the molecule is O=C(Nc1cnn(Cc2ccncc2)c1)c1cnn2c1CCCC2. The van der Waals surface area contributed by atoms with Gasteiger partial charge in [-0.2, -0.15) is 10.2 Å². The summed E-state index contributed by atoms with van der Waals surface area (Å²) in [5.74, 6) is -0.124. The van der Waals surface area contributed by atoms with Crippen LogP contribution in [0.5, 0.6) is 0 Å². The van der Waals surface area contributed by atoms with Gasteiger partial charge in [-0.05, 0) is 37.0 Å². The van der Waals surface area contributed by atoms with Gasteiger partial charge in [0, 0.05) is 25.1 Å². The Hall–Kier alpha value is -2.96. The summed E-state index contributed by atoms with van der Waals surface area (Å²) >= 11 is 0. The number of anilines is 1. The van der Waals surface area contributed by atoms with Crippen molar-refractivity contribution < 1.29 is 4.79 Å². The Kier molecular flexibility index (Phi) is 3.82. The second-order valence-electron chi connectivity index (χ2n) is 5.92. The Morgan fingerprint density at radius 2 is 2.04 bits per heavy atom. The van der Waals surface area contributed by atoms with E-state index in [4.69, 9.17) is 0 Å². The Morgan fingerprint density at radius 3 is 2.92 bits per heavy atom. The fraction of sp³-hybridized carbons (Fsp3) is 0.294. The molecule has 0 spiro atoms. The lowest BCUT2D eigenvalue weighted by Crippen LogP contribution is -2.17. The van der Waals surface area contributed by atoms with Gasteiger partial charge >= 0.3 is 0 Å². The van der Waals surface area contributed by atoms with E-state index in [-0.39, 0.29) is 5.91 Å². The average molecular weight is 322 g/mol. The predicted molar refractivity (Wildman–Crippen MR) is 88.7 cm³/mol. The molecule has 0 aromatic carbocycles. The summed E-state index contributed by atoms with van der Waals surface area (Å²) in [5.41, 5.74) is 3.49.